The zero-order valence-corrected chi connectivity index (χ0v) is 6.85. The molecule has 0 aliphatic heterocycles. The van der Waals surface area contributed by atoms with Gasteiger partial charge in [0.2, 0.25) is 0 Å². The molecular formula is C4H10FLiO3S. The number of hydrogen-bond acceptors (Lipinski definition) is 3. The molecule has 0 spiro atoms. The van der Waals surface area contributed by atoms with Crippen LogP contribution < -0.4 is 18.9 Å². The van der Waals surface area contributed by atoms with E-state index in [0.717, 1.165) is 7.11 Å². The summed E-state index contributed by atoms with van der Waals surface area (Å²) in [6, 6.07) is 0. The predicted octanol–water partition coefficient (Wildman–Crippen LogP) is -2.58. The third kappa shape index (κ3) is 8.18. The molecular weight excluding hydrogens is 154 g/mol. The van der Waals surface area contributed by atoms with Gasteiger partial charge in [0.15, 0.2) is 0 Å². The van der Waals surface area contributed by atoms with Crippen molar-refractivity contribution in [3.05, 3.63) is 12.7 Å². The second-order valence-corrected chi connectivity index (χ2v) is 2.96. The minimum absolute atomic E-state index is 0. The molecule has 0 saturated carbocycles. The van der Waals surface area contributed by atoms with Crippen molar-refractivity contribution in [2.24, 2.45) is 0 Å². The van der Waals surface area contributed by atoms with Crippen LogP contribution in [-0.4, -0.2) is 21.3 Å². The Morgan fingerprint density at radius 3 is 2.20 bits per heavy atom. The van der Waals surface area contributed by atoms with Gasteiger partial charge in [-0.15, -0.1) is 6.58 Å². The van der Waals surface area contributed by atoms with Gasteiger partial charge in [-0.2, -0.15) is 8.42 Å². The fourth-order valence-corrected chi connectivity index (χ4v) is 0.637. The van der Waals surface area contributed by atoms with Crippen molar-refractivity contribution in [2.45, 2.75) is 0 Å². The van der Waals surface area contributed by atoms with Crippen molar-refractivity contribution >= 4 is 10.1 Å². The van der Waals surface area contributed by atoms with Crippen LogP contribution in [0.1, 0.15) is 1.43 Å². The summed E-state index contributed by atoms with van der Waals surface area (Å²) in [5, 5.41) is 0. The fourth-order valence-electron chi connectivity index (χ4n) is 0.212. The Kier molecular flexibility index (Phi) is 12.1. The summed E-state index contributed by atoms with van der Waals surface area (Å²) in [4.78, 5) is 0. The minimum Gasteiger partial charge on any atom is -1.00 e. The van der Waals surface area contributed by atoms with Gasteiger partial charge in [0, 0.05) is 0 Å². The van der Waals surface area contributed by atoms with Crippen molar-refractivity contribution in [1.29, 1.82) is 0 Å². The largest absolute Gasteiger partial charge is 1.00 e. The maximum atomic E-state index is 10.3. The molecule has 0 rings (SSSR count). The first-order chi connectivity index (χ1) is 3.62. The van der Waals surface area contributed by atoms with E-state index < -0.39 is 10.1 Å². The predicted molar refractivity (Wildman–Crippen MR) is 34.6 cm³/mol. The molecule has 0 amide bonds. The molecule has 0 aliphatic rings. The summed E-state index contributed by atoms with van der Waals surface area (Å²) in [5.41, 5.74) is 0. The second kappa shape index (κ2) is 7.29. The van der Waals surface area contributed by atoms with E-state index in [-0.39, 0.29) is 30.7 Å². The van der Waals surface area contributed by atoms with Crippen LogP contribution in [0.2, 0.25) is 0 Å². The smallest absolute Gasteiger partial charge is 1.00 e. The van der Waals surface area contributed by atoms with Crippen LogP contribution in [0, 0.1) is 0 Å². The Hall–Kier alpha value is 0.177. The van der Waals surface area contributed by atoms with Gasteiger partial charge in [0.25, 0.3) is 10.1 Å². The van der Waals surface area contributed by atoms with E-state index in [1.807, 2.05) is 0 Å². The molecule has 0 aromatic heterocycles. The average molecular weight is 164 g/mol. The quantitative estimate of drug-likeness (QED) is 0.261. The molecule has 0 bridgehead atoms. The first kappa shape index (κ1) is 16.6. The molecule has 3 nitrogen and oxygen atoms in total. The maximum Gasteiger partial charge on any atom is 1.00 e. The molecule has 0 unspecified atom stereocenters. The molecule has 0 saturated heterocycles. The van der Waals surface area contributed by atoms with Gasteiger partial charge < -0.3 is 1.43 Å². The summed E-state index contributed by atoms with van der Waals surface area (Å²) < 4.78 is 24.7. The molecule has 0 aliphatic carbocycles. The van der Waals surface area contributed by atoms with Crippen LogP contribution >= 0.6 is 0 Å². The van der Waals surface area contributed by atoms with Crippen molar-refractivity contribution in [2.75, 3.05) is 12.9 Å². The molecule has 0 aromatic carbocycles. The van der Waals surface area contributed by atoms with E-state index in [1.54, 1.807) is 0 Å². The first-order valence-corrected chi connectivity index (χ1v) is 3.59. The van der Waals surface area contributed by atoms with Crippen molar-refractivity contribution in [1.82, 2.24) is 0 Å². The summed E-state index contributed by atoms with van der Waals surface area (Å²) in [7, 11) is -2.16. The van der Waals surface area contributed by atoms with E-state index in [0.29, 0.717) is 0 Å². The fraction of sp³-hybridized carbons (Fsp3) is 0.500. The van der Waals surface area contributed by atoms with E-state index in [1.165, 1.54) is 6.08 Å². The number of rotatable bonds is 3. The van der Waals surface area contributed by atoms with Gasteiger partial charge in [0.1, 0.15) is 0 Å². The summed E-state index contributed by atoms with van der Waals surface area (Å²) in [5.74, 6) is -0.122. The normalized spacial score (nSPS) is 8.90. The zero-order chi connectivity index (χ0) is 6.62. The Morgan fingerprint density at radius 2 is 2.10 bits per heavy atom. The van der Waals surface area contributed by atoms with Crippen molar-refractivity contribution in [3.8, 4) is 0 Å². The standard InChI is InChI=1S/C4H8O3S.FH.Li.H/c1-3-4-8(5,6)7-2;;;/h3H,1,4H2,2H3;1H;;/q;;+1;-1. The van der Waals surface area contributed by atoms with Crippen LogP contribution in [0.15, 0.2) is 12.7 Å². The Balaban J connectivity index is -0.0000000817. The van der Waals surface area contributed by atoms with Crippen molar-refractivity contribution in [3.63, 3.8) is 0 Å². The Bertz CT molecular complexity index is 170. The van der Waals surface area contributed by atoms with Gasteiger partial charge >= 0.3 is 18.9 Å². The van der Waals surface area contributed by atoms with Crippen molar-refractivity contribution < 1.29 is 37.6 Å². The van der Waals surface area contributed by atoms with E-state index in [2.05, 4.69) is 10.8 Å². The van der Waals surface area contributed by atoms with Gasteiger partial charge in [-0.05, 0) is 0 Å². The third-order valence-corrected chi connectivity index (χ3v) is 1.73. The summed E-state index contributed by atoms with van der Waals surface area (Å²) in [6.45, 7) is 3.23. The van der Waals surface area contributed by atoms with Gasteiger partial charge in [-0.1, -0.05) is 6.08 Å². The molecule has 0 aromatic rings. The average Bonchev–Trinajstić information content (AvgIpc) is 1.67. The van der Waals surface area contributed by atoms with Crippen LogP contribution in [-0.2, 0) is 14.3 Å². The second-order valence-electron chi connectivity index (χ2n) is 1.18. The van der Waals surface area contributed by atoms with Crippen LogP contribution in [0.25, 0.3) is 0 Å². The Morgan fingerprint density at radius 1 is 1.70 bits per heavy atom. The zero-order valence-electron chi connectivity index (χ0n) is 7.03. The van der Waals surface area contributed by atoms with Gasteiger partial charge in [-0.3, -0.25) is 8.89 Å². The number of hydrogen-bond donors (Lipinski definition) is 0. The third-order valence-electron chi connectivity index (χ3n) is 0.576. The van der Waals surface area contributed by atoms with Gasteiger partial charge in [0.05, 0.1) is 12.9 Å². The first-order valence-electron chi connectivity index (χ1n) is 2.01. The Labute approximate surface area is 73.6 Å². The topological polar surface area (TPSA) is 43.4 Å². The van der Waals surface area contributed by atoms with Crippen LogP contribution in [0.5, 0.6) is 0 Å². The van der Waals surface area contributed by atoms with E-state index in [4.69, 9.17) is 0 Å². The SMILES string of the molecule is C=CCS(=O)(=O)OC.F.[H-].[Li+]. The molecule has 0 N–H and O–H groups in total. The van der Waals surface area contributed by atoms with E-state index >= 15 is 0 Å². The van der Waals surface area contributed by atoms with Crippen LogP contribution in [0.4, 0.5) is 4.70 Å². The minimum atomic E-state index is -3.29. The molecule has 58 valence electrons. The van der Waals surface area contributed by atoms with E-state index in [9.17, 15) is 8.42 Å². The molecule has 0 atom stereocenters. The molecule has 10 heavy (non-hydrogen) atoms. The van der Waals surface area contributed by atoms with Crippen LogP contribution in [0.3, 0.4) is 0 Å². The monoisotopic (exact) mass is 164 g/mol. The maximum absolute atomic E-state index is 10.3. The summed E-state index contributed by atoms with van der Waals surface area (Å²) >= 11 is 0. The molecule has 6 heteroatoms. The molecule has 0 radical (unpaired) electrons. The molecule has 0 fully saturated rings. The van der Waals surface area contributed by atoms with Gasteiger partial charge in [-0.25, -0.2) is 0 Å². The molecule has 0 heterocycles. The summed E-state index contributed by atoms with van der Waals surface area (Å²) in [6.07, 6.45) is 1.28. The number of halogens is 1.